The molecule has 3 nitrogen and oxygen atoms in total. The lowest BCUT2D eigenvalue weighted by Crippen LogP contribution is -2.56. The smallest absolute Gasteiger partial charge is 0.426 e. The first kappa shape index (κ1) is 22.6. The van der Waals surface area contributed by atoms with Crippen molar-refractivity contribution in [3.63, 3.8) is 0 Å². The maximum atomic E-state index is 11.8. The monoisotopic (exact) mass is 348 g/mol. The Morgan fingerprint density at radius 2 is 1.27 bits per heavy atom. The van der Waals surface area contributed by atoms with Gasteiger partial charge in [0.2, 0.25) is 0 Å². The van der Waals surface area contributed by atoms with Crippen molar-refractivity contribution in [3.8, 4) is 0 Å². The van der Waals surface area contributed by atoms with E-state index in [9.17, 15) is 44.3 Å². The number of alkyl halides is 9. The molecule has 0 bridgehead atoms. The largest absolute Gasteiger partial charge is 0.478 e. The zero-order valence-corrected chi connectivity index (χ0v) is 10.4. The highest BCUT2D eigenvalue weighted by Gasteiger charge is 2.69. The number of carboxylic acids is 1. The summed E-state index contributed by atoms with van der Waals surface area (Å²) < 4.78 is 104. The van der Waals surface area contributed by atoms with Crippen molar-refractivity contribution in [1.29, 1.82) is 0 Å². The van der Waals surface area contributed by atoms with Crippen molar-refractivity contribution in [2.45, 2.75) is 30.6 Å². The van der Waals surface area contributed by atoms with Gasteiger partial charge in [-0.05, 0) is 0 Å². The molecular weight excluding hydrogens is 339 g/mol. The second-order valence-corrected chi connectivity index (χ2v) is 3.63. The van der Waals surface area contributed by atoms with Gasteiger partial charge in [-0.25, -0.2) is 4.79 Å². The molecule has 0 fully saturated rings. The number of carboxylic acid groups (broad SMARTS) is 1. The van der Waals surface area contributed by atoms with Crippen LogP contribution in [0.1, 0.15) is 6.42 Å². The zero-order valence-electron chi connectivity index (χ0n) is 10.4. The van der Waals surface area contributed by atoms with Crippen LogP contribution in [0.25, 0.3) is 0 Å². The predicted octanol–water partition coefficient (Wildman–Crippen LogP) is 3.61. The van der Waals surface area contributed by atoms with E-state index in [4.69, 9.17) is 10.2 Å². The van der Waals surface area contributed by atoms with E-state index >= 15 is 0 Å². The summed E-state index contributed by atoms with van der Waals surface area (Å²) in [7, 11) is 0. The SMILES string of the molecule is C=C(C(=O)O)C(F)(F)F.C=CCC(O)(C(F)(F)F)C(F)(F)F. The Bertz CT molecular complexity index is 403. The quantitative estimate of drug-likeness (QED) is 0.465. The standard InChI is InChI=1S/C6H6F6O.C4H3F3O2/c1-2-3-4(13,5(7,8)9)6(10,11)12;1-2(3(8)9)4(5,6)7/h2,13H,1,3H2;1H2,(H,8,9). The van der Waals surface area contributed by atoms with E-state index < -0.39 is 42.1 Å². The van der Waals surface area contributed by atoms with Gasteiger partial charge in [-0.2, -0.15) is 39.5 Å². The van der Waals surface area contributed by atoms with Gasteiger partial charge in [0.15, 0.2) is 0 Å². The fraction of sp³-hybridized carbons (Fsp3) is 0.500. The van der Waals surface area contributed by atoms with E-state index in [2.05, 4.69) is 13.2 Å². The fourth-order valence-corrected chi connectivity index (χ4v) is 0.722. The molecule has 130 valence electrons. The Kier molecular flexibility index (Phi) is 7.21. The van der Waals surface area contributed by atoms with Gasteiger partial charge in [-0.15, -0.1) is 6.58 Å². The summed E-state index contributed by atoms with van der Waals surface area (Å²) in [4.78, 5) is 9.53. The minimum absolute atomic E-state index is 0.362. The molecule has 0 aromatic heterocycles. The molecule has 0 heterocycles. The summed E-state index contributed by atoms with van der Waals surface area (Å²) >= 11 is 0. The zero-order chi connectivity index (χ0) is 18.6. The van der Waals surface area contributed by atoms with Crippen LogP contribution in [0.5, 0.6) is 0 Å². The number of hydrogen-bond donors (Lipinski definition) is 2. The number of carbonyl (C=O) groups is 1. The van der Waals surface area contributed by atoms with Crippen LogP contribution in [-0.2, 0) is 4.79 Å². The van der Waals surface area contributed by atoms with Crippen molar-refractivity contribution in [1.82, 2.24) is 0 Å². The van der Waals surface area contributed by atoms with Crippen molar-refractivity contribution in [2.24, 2.45) is 0 Å². The Morgan fingerprint density at radius 3 is 1.32 bits per heavy atom. The van der Waals surface area contributed by atoms with Crippen LogP contribution in [0.4, 0.5) is 39.5 Å². The molecule has 0 unspecified atom stereocenters. The molecule has 0 amide bonds. The van der Waals surface area contributed by atoms with Crippen LogP contribution in [0.15, 0.2) is 24.8 Å². The number of halogens is 9. The molecule has 0 saturated carbocycles. The van der Waals surface area contributed by atoms with E-state index in [-0.39, 0.29) is 0 Å². The van der Waals surface area contributed by atoms with Crippen LogP contribution in [-0.4, -0.2) is 40.3 Å². The maximum Gasteiger partial charge on any atom is 0.426 e. The molecule has 0 saturated heterocycles. The summed E-state index contributed by atoms with van der Waals surface area (Å²) in [5.41, 5.74) is -6.44. The van der Waals surface area contributed by atoms with E-state index in [0.29, 0.717) is 6.08 Å². The van der Waals surface area contributed by atoms with Crippen LogP contribution < -0.4 is 0 Å². The number of rotatable bonds is 3. The maximum absolute atomic E-state index is 11.8. The fourth-order valence-electron chi connectivity index (χ4n) is 0.722. The summed E-state index contributed by atoms with van der Waals surface area (Å²) in [6.07, 6.45) is -17.6. The normalized spacial score (nSPS) is 13.0. The summed E-state index contributed by atoms with van der Waals surface area (Å²) in [6.45, 7) is 5.01. The van der Waals surface area contributed by atoms with Gasteiger partial charge in [0, 0.05) is 6.42 Å². The highest BCUT2D eigenvalue weighted by Crippen LogP contribution is 2.45. The molecule has 22 heavy (non-hydrogen) atoms. The van der Waals surface area contributed by atoms with Crippen molar-refractivity contribution in [3.05, 3.63) is 24.8 Å². The average molecular weight is 348 g/mol. The molecule has 0 aromatic carbocycles. The Hall–Kier alpha value is -1.72. The van der Waals surface area contributed by atoms with Crippen LogP contribution in [0.2, 0.25) is 0 Å². The highest BCUT2D eigenvalue weighted by atomic mass is 19.4. The summed E-state index contributed by atoms with van der Waals surface area (Å²) in [5.74, 6) is -2.04. The summed E-state index contributed by atoms with van der Waals surface area (Å²) in [5, 5.41) is 16.1. The Morgan fingerprint density at radius 1 is 0.955 bits per heavy atom. The van der Waals surface area contributed by atoms with Gasteiger partial charge < -0.3 is 10.2 Å². The highest BCUT2D eigenvalue weighted by molar-refractivity contribution is 5.87. The van der Waals surface area contributed by atoms with E-state index in [1.165, 1.54) is 0 Å². The van der Waals surface area contributed by atoms with Crippen molar-refractivity contribution in [2.75, 3.05) is 0 Å². The van der Waals surface area contributed by atoms with Crippen LogP contribution in [0.3, 0.4) is 0 Å². The van der Waals surface area contributed by atoms with Crippen molar-refractivity contribution < 1.29 is 54.5 Å². The van der Waals surface area contributed by atoms with Crippen LogP contribution in [0, 0.1) is 0 Å². The van der Waals surface area contributed by atoms with E-state index in [0.717, 1.165) is 0 Å². The number of hydrogen-bond acceptors (Lipinski definition) is 2. The molecule has 0 aliphatic rings. The second-order valence-electron chi connectivity index (χ2n) is 3.63. The average Bonchev–Trinajstić information content (AvgIpc) is 2.24. The molecule has 12 heteroatoms. The minimum Gasteiger partial charge on any atom is -0.478 e. The van der Waals surface area contributed by atoms with E-state index in [1.807, 2.05) is 0 Å². The van der Waals surface area contributed by atoms with Crippen molar-refractivity contribution >= 4 is 5.97 Å². The molecular formula is C10H9F9O3. The lowest BCUT2D eigenvalue weighted by Gasteiger charge is -2.31. The van der Waals surface area contributed by atoms with Gasteiger partial charge >= 0.3 is 24.5 Å². The molecule has 0 spiro atoms. The van der Waals surface area contributed by atoms with Gasteiger partial charge in [0.25, 0.3) is 5.60 Å². The Balaban J connectivity index is 0. The number of aliphatic carboxylic acids is 1. The molecule has 0 aliphatic carbocycles. The molecule has 2 N–H and O–H groups in total. The number of aliphatic hydroxyl groups is 1. The third-order valence-electron chi connectivity index (χ3n) is 1.98. The second kappa shape index (κ2) is 7.03. The van der Waals surface area contributed by atoms with Gasteiger partial charge in [-0.1, -0.05) is 12.7 Å². The summed E-state index contributed by atoms with van der Waals surface area (Å²) in [6, 6.07) is 0. The molecule has 0 radical (unpaired) electrons. The lowest BCUT2D eigenvalue weighted by molar-refractivity contribution is -0.366. The first-order valence-corrected chi connectivity index (χ1v) is 4.88. The lowest BCUT2D eigenvalue weighted by atomic mass is 9.98. The third kappa shape index (κ3) is 5.95. The van der Waals surface area contributed by atoms with E-state index in [1.54, 1.807) is 0 Å². The first-order valence-electron chi connectivity index (χ1n) is 4.88. The van der Waals surface area contributed by atoms with Crippen LogP contribution >= 0.6 is 0 Å². The first-order chi connectivity index (χ1) is 9.41. The topological polar surface area (TPSA) is 57.5 Å². The molecule has 0 atom stereocenters. The predicted molar refractivity (Wildman–Crippen MR) is 54.7 cm³/mol. The third-order valence-corrected chi connectivity index (χ3v) is 1.98. The van der Waals surface area contributed by atoms with Gasteiger partial charge in [0.05, 0.1) is 0 Å². The minimum atomic E-state index is -5.75. The van der Waals surface area contributed by atoms with Gasteiger partial charge in [-0.3, -0.25) is 0 Å². The van der Waals surface area contributed by atoms with Gasteiger partial charge in [0.1, 0.15) is 5.57 Å². The molecule has 0 aliphatic heterocycles. The Labute approximate surface area is 117 Å². The molecule has 0 rings (SSSR count). The molecule has 0 aromatic rings.